The Morgan fingerprint density at radius 2 is 1.64 bits per heavy atom. The maximum absolute atomic E-state index is 13.6. The maximum Gasteiger partial charge on any atom is 0.498 e. The topological polar surface area (TPSA) is 27.7 Å². The van der Waals surface area contributed by atoms with Gasteiger partial charge in [0.2, 0.25) is 0 Å². The highest BCUT2D eigenvalue weighted by molar-refractivity contribution is 6.63. The predicted molar refractivity (Wildman–Crippen MR) is 97.9 cm³/mol. The molecule has 0 aliphatic carbocycles. The van der Waals surface area contributed by atoms with Crippen LogP contribution in [-0.4, -0.2) is 18.3 Å². The lowest BCUT2D eigenvalue weighted by Crippen LogP contribution is -2.41. The van der Waals surface area contributed by atoms with Crippen molar-refractivity contribution < 1.29 is 18.4 Å². The number of para-hydroxylation sites is 1. The van der Waals surface area contributed by atoms with Crippen LogP contribution >= 0.6 is 11.6 Å². The van der Waals surface area contributed by atoms with Gasteiger partial charge in [0, 0.05) is 11.0 Å². The summed E-state index contributed by atoms with van der Waals surface area (Å²) in [5.74, 6) is 0.170. The van der Waals surface area contributed by atoms with Crippen molar-refractivity contribution in [2.45, 2.75) is 45.5 Å². The molecular weight excluding hydrogens is 341 g/mol. The number of rotatable bonds is 4. The van der Waals surface area contributed by atoms with Crippen LogP contribution in [0.2, 0.25) is 5.02 Å². The van der Waals surface area contributed by atoms with Crippen LogP contribution < -0.4 is 10.2 Å². The fourth-order valence-electron chi connectivity index (χ4n) is 2.59. The van der Waals surface area contributed by atoms with Crippen LogP contribution in [-0.2, 0) is 15.9 Å². The first-order chi connectivity index (χ1) is 11.7. The third-order valence-corrected chi connectivity index (χ3v) is 5.26. The summed E-state index contributed by atoms with van der Waals surface area (Å²) in [6, 6.07) is 12.2. The molecule has 1 fully saturated rings. The molecule has 6 heteroatoms. The molecule has 0 bridgehead atoms. The summed E-state index contributed by atoms with van der Waals surface area (Å²) in [6.07, 6.45) is 0. The van der Waals surface area contributed by atoms with E-state index in [1.54, 1.807) is 12.1 Å². The summed E-state index contributed by atoms with van der Waals surface area (Å²) in [7, 11) is -0.524. The smallest absolute Gasteiger partial charge is 0.489 e. The molecule has 0 spiro atoms. The van der Waals surface area contributed by atoms with Crippen molar-refractivity contribution >= 4 is 24.2 Å². The molecule has 25 heavy (non-hydrogen) atoms. The van der Waals surface area contributed by atoms with Crippen LogP contribution in [0.1, 0.15) is 33.3 Å². The average Bonchev–Trinajstić information content (AvgIpc) is 2.77. The highest BCUT2D eigenvalue weighted by Gasteiger charge is 2.52. The molecule has 0 saturated carbocycles. The molecular formula is C19H21BClFO3. The Hall–Kier alpha value is -1.56. The second kappa shape index (κ2) is 6.63. The van der Waals surface area contributed by atoms with E-state index in [1.807, 2.05) is 52.0 Å². The maximum atomic E-state index is 13.6. The van der Waals surface area contributed by atoms with E-state index in [2.05, 4.69) is 0 Å². The third-order valence-electron chi connectivity index (χ3n) is 4.84. The van der Waals surface area contributed by atoms with Gasteiger partial charge < -0.3 is 14.0 Å². The van der Waals surface area contributed by atoms with Gasteiger partial charge in [-0.3, -0.25) is 0 Å². The number of hydrogen-bond acceptors (Lipinski definition) is 3. The van der Waals surface area contributed by atoms with Gasteiger partial charge in [-0.1, -0.05) is 41.9 Å². The van der Waals surface area contributed by atoms with Crippen molar-refractivity contribution in [2.75, 3.05) is 0 Å². The van der Waals surface area contributed by atoms with E-state index in [0.717, 1.165) is 5.46 Å². The summed E-state index contributed by atoms with van der Waals surface area (Å²) in [5.41, 5.74) is 0.520. The zero-order valence-corrected chi connectivity index (χ0v) is 15.6. The van der Waals surface area contributed by atoms with E-state index in [4.69, 9.17) is 25.6 Å². The van der Waals surface area contributed by atoms with Gasteiger partial charge in [-0.25, -0.2) is 4.39 Å². The van der Waals surface area contributed by atoms with Gasteiger partial charge in [-0.05, 0) is 39.8 Å². The SMILES string of the molecule is CC1(C)OB(c2ccccc2OCc2cccc(F)c2Cl)OC1(C)C. The standard InChI is InChI=1S/C19H21BClFO3/c1-18(2)19(3,4)25-20(24-18)14-9-5-6-11-16(14)23-12-13-8-7-10-15(22)17(13)21/h5-11H,12H2,1-4H3. The fourth-order valence-corrected chi connectivity index (χ4v) is 2.77. The van der Waals surface area contributed by atoms with Crippen molar-refractivity contribution in [3.05, 3.63) is 58.9 Å². The zero-order valence-electron chi connectivity index (χ0n) is 14.8. The number of hydrogen-bond donors (Lipinski definition) is 0. The Bertz CT molecular complexity index is 763. The van der Waals surface area contributed by atoms with E-state index in [9.17, 15) is 4.39 Å². The molecule has 2 aromatic rings. The van der Waals surface area contributed by atoms with Gasteiger partial charge in [-0.2, -0.15) is 0 Å². The van der Waals surface area contributed by atoms with Crippen molar-refractivity contribution in [2.24, 2.45) is 0 Å². The minimum absolute atomic E-state index is 0.0793. The number of benzene rings is 2. The van der Waals surface area contributed by atoms with Crippen LogP contribution in [0.3, 0.4) is 0 Å². The monoisotopic (exact) mass is 362 g/mol. The number of ether oxygens (including phenoxy) is 1. The van der Waals surface area contributed by atoms with Crippen molar-refractivity contribution in [3.63, 3.8) is 0 Å². The fraction of sp³-hybridized carbons (Fsp3) is 0.368. The second-order valence-corrected chi connectivity index (χ2v) is 7.51. The molecule has 3 nitrogen and oxygen atoms in total. The van der Waals surface area contributed by atoms with Crippen LogP contribution in [0.4, 0.5) is 4.39 Å². The Morgan fingerprint density at radius 1 is 1.00 bits per heavy atom. The minimum atomic E-state index is -0.524. The van der Waals surface area contributed by atoms with Crippen LogP contribution in [0, 0.1) is 5.82 Å². The van der Waals surface area contributed by atoms with Crippen LogP contribution in [0.5, 0.6) is 5.75 Å². The van der Waals surface area contributed by atoms with Crippen molar-refractivity contribution in [1.29, 1.82) is 0 Å². The lowest BCUT2D eigenvalue weighted by atomic mass is 9.78. The molecule has 0 atom stereocenters. The molecule has 1 saturated heterocycles. The Labute approximate surface area is 153 Å². The highest BCUT2D eigenvalue weighted by Crippen LogP contribution is 2.37. The summed E-state index contributed by atoms with van der Waals surface area (Å²) in [6.45, 7) is 8.17. The molecule has 0 N–H and O–H groups in total. The van der Waals surface area contributed by atoms with E-state index >= 15 is 0 Å². The van der Waals surface area contributed by atoms with Crippen molar-refractivity contribution in [1.82, 2.24) is 0 Å². The van der Waals surface area contributed by atoms with Gasteiger partial charge in [-0.15, -0.1) is 0 Å². The molecule has 1 heterocycles. The molecule has 1 aliphatic rings. The summed E-state index contributed by atoms with van der Waals surface area (Å²) in [5, 5.41) is 0.0793. The van der Waals surface area contributed by atoms with Gasteiger partial charge in [0.05, 0.1) is 16.2 Å². The average molecular weight is 363 g/mol. The first-order valence-corrected chi connectivity index (χ1v) is 8.59. The van der Waals surface area contributed by atoms with Gasteiger partial charge in [0.15, 0.2) is 0 Å². The zero-order chi connectivity index (χ0) is 18.2. The summed E-state index contributed by atoms with van der Waals surface area (Å²) in [4.78, 5) is 0. The molecule has 1 aliphatic heterocycles. The first-order valence-electron chi connectivity index (χ1n) is 8.21. The van der Waals surface area contributed by atoms with Crippen molar-refractivity contribution in [3.8, 4) is 5.75 Å². The van der Waals surface area contributed by atoms with Crippen LogP contribution in [0.15, 0.2) is 42.5 Å². The lowest BCUT2D eigenvalue weighted by Gasteiger charge is -2.32. The largest absolute Gasteiger partial charge is 0.498 e. The van der Waals surface area contributed by atoms with Crippen LogP contribution in [0.25, 0.3) is 0 Å². The van der Waals surface area contributed by atoms with Gasteiger partial charge >= 0.3 is 7.12 Å². The molecule has 2 aromatic carbocycles. The molecule has 3 rings (SSSR count). The highest BCUT2D eigenvalue weighted by atomic mass is 35.5. The Balaban J connectivity index is 1.82. The Kier molecular flexibility index (Phi) is 4.84. The van der Waals surface area contributed by atoms with E-state index < -0.39 is 24.1 Å². The molecule has 132 valence electrons. The second-order valence-electron chi connectivity index (χ2n) is 7.13. The quantitative estimate of drug-likeness (QED) is 0.757. The third kappa shape index (κ3) is 3.54. The van der Waals surface area contributed by atoms with Gasteiger partial charge in [0.1, 0.15) is 18.2 Å². The van der Waals surface area contributed by atoms with Gasteiger partial charge in [0.25, 0.3) is 0 Å². The first kappa shape index (κ1) is 18.2. The summed E-state index contributed by atoms with van der Waals surface area (Å²) < 4.78 is 31.7. The molecule has 0 amide bonds. The normalized spacial score (nSPS) is 18.4. The predicted octanol–water partition coefficient (Wildman–Crippen LogP) is 4.36. The van der Waals surface area contributed by atoms with E-state index in [1.165, 1.54) is 6.07 Å². The van der Waals surface area contributed by atoms with E-state index in [-0.39, 0.29) is 11.6 Å². The van der Waals surface area contributed by atoms with E-state index in [0.29, 0.717) is 11.3 Å². The lowest BCUT2D eigenvalue weighted by molar-refractivity contribution is 0.00578. The molecule has 0 radical (unpaired) electrons. The molecule has 0 aromatic heterocycles. The number of halogens is 2. The minimum Gasteiger partial charge on any atom is -0.489 e. The Morgan fingerprint density at radius 3 is 2.32 bits per heavy atom. The summed E-state index contributed by atoms with van der Waals surface area (Å²) >= 11 is 6.00. The molecule has 0 unspecified atom stereocenters.